The van der Waals surface area contributed by atoms with Crippen molar-refractivity contribution >= 4 is 21.4 Å². The summed E-state index contributed by atoms with van der Waals surface area (Å²) in [5.41, 5.74) is -0.558. The molecule has 0 amide bonds. The molecule has 0 aromatic heterocycles. The summed E-state index contributed by atoms with van der Waals surface area (Å²) in [6.07, 6.45) is -4.81. The summed E-state index contributed by atoms with van der Waals surface area (Å²) >= 11 is 0. The molecule has 2 heterocycles. The fraction of sp³-hybridized carbons (Fsp3) is 0.478. The van der Waals surface area contributed by atoms with Crippen molar-refractivity contribution in [2.24, 2.45) is 0 Å². The van der Waals surface area contributed by atoms with Gasteiger partial charge >= 0.3 is 6.18 Å². The van der Waals surface area contributed by atoms with Crippen molar-refractivity contribution in [3.05, 3.63) is 53.8 Å². The molecule has 5 nitrogen and oxygen atoms in total. The van der Waals surface area contributed by atoms with E-state index in [9.17, 15) is 30.4 Å². The van der Waals surface area contributed by atoms with Gasteiger partial charge in [-0.2, -0.15) is 17.5 Å². The van der Waals surface area contributed by atoms with Crippen LogP contribution in [0.25, 0.3) is 0 Å². The zero-order valence-electron chi connectivity index (χ0n) is 18.6. The molecule has 2 aromatic rings. The van der Waals surface area contributed by atoms with Gasteiger partial charge in [0.15, 0.2) is 0 Å². The first-order chi connectivity index (χ1) is 16.0. The second kappa shape index (κ2) is 9.33. The quantitative estimate of drug-likeness (QED) is 0.569. The number of halogens is 5. The van der Waals surface area contributed by atoms with Crippen molar-refractivity contribution in [2.45, 2.75) is 43.1 Å². The lowest BCUT2D eigenvalue weighted by Crippen LogP contribution is -2.54. The molecule has 2 fully saturated rings. The molecular weight excluding hydrogens is 477 g/mol. The fourth-order valence-corrected chi connectivity index (χ4v) is 6.26. The van der Waals surface area contributed by atoms with Crippen molar-refractivity contribution in [3.8, 4) is 0 Å². The average Bonchev–Trinajstić information content (AvgIpc) is 2.79. The van der Waals surface area contributed by atoms with Crippen LogP contribution in [-0.2, 0) is 16.2 Å². The van der Waals surface area contributed by atoms with Gasteiger partial charge in [0, 0.05) is 50.1 Å². The molecule has 2 aliphatic rings. The van der Waals surface area contributed by atoms with Crippen LogP contribution in [0.3, 0.4) is 0 Å². The topological polar surface area (TPSA) is 43.9 Å². The van der Waals surface area contributed by atoms with E-state index in [0.29, 0.717) is 37.7 Å². The molecule has 4 rings (SSSR count). The largest absolute Gasteiger partial charge is 0.418 e. The van der Waals surface area contributed by atoms with E-state index in [2.05, 4.69) is 0 Å². The lowest BCUT2D eigenvalue weighted by Gasteiger charge is -2.41. The van der Waals surface area contributed by atoms with E-state index in [0.717, 1.165) is 12.1 Å². The first-order valence-electron chi connectivity index (χ1n) is 11.1. The average molecular weight is 504 g/mol. The molecule has 2 aromatic carbocycles. The van der Waals surface area contributed by atoms with E-state index in [4.69, 9.17) is 0 Å². The number of anilines is 2. The molecule has 0 spiro atoms. The monoisotopic (exact) mass is 503 g/mol. The third kappa shape index (κ3) is 5.00. The minimum absolute atomic E-state index is 0.0182. The SMILES string of the molecule is C[C@@H]1CN(c2ccc(F)cc2C(F)(F)F)CCN1S(=O)(=O)c1cccc(N2CCC(F)CC2)c1. The predicted molar refractivity (Wildman–Crippen MR) is 120 cm³/mol. The molecule has 2 saturated heterocycles. The molecule has 2 aliphatic heterocycles. The Kier molecular flexibility index (Phi) is 6.78. The van der Waals surface area contributed by atoms with Gasteiger partial charge in [-0.3, -0.25) is 0 Å². The van der Waals surface area contributed by atoms with Gasteiger partial charge in [-0.05, 0) is 56.2 Å². The van der Waals surface area contributed by atoms with Crippen molar-refractivity contribution in [1.82, 2.24) is 4.31 Å². The number of nitrogens with zero attached hydrogens (tertiary/aromatic N) is 3. The van der Waals surface area contributed by atoms with E-state index >= 15 is 0 Å². The lowest BCUT2D eigenvalue weighted by atomic mass is 10.1. The zero-order valence-corrected chi connectivity index (χ0v) is 19.4. The highest BCUT2D eigenvalue weighted by molar-refractivity contribution is 7.89. The summed E-state index contributed by atoms with van der Waals surface area (Å²) in [5, 5.41) is 0. The Morgan fingerprint density at radius 2 is 1.65 bits per heavy atom. The minimum atomic E-state index is -4.74. The number of rotatable bonds is 4. The van der Waals surface area contributed by atoms with Gasteiger partial charge in [-0.1, -0.05) is 6.07 Å². The molecular formula is C23H26F5N3O2S. The van der Waals surface area contributed by atoms with Crippen LogP contribution in [0.4, 0.5) is 33.3 Å². The second-order valence-corrected chi connectivity index (χ2v) is 10.6. The van der Waals surface area contributed by atoms with Gasteiger partial charge in [0.05, 0.1) is 10.5 Å². The first kappa shape index (κ1) is 24.7. The molecule has 34 heavy (non-hydrogen) atoms. The summed E-state index contributed by atoms with van der Waals surface area (Å²) in [5.74, 6) is -0.985. The van der Waals surface area contributed by atoms with Crippen LogP contribution in [0.15, 0.2) is 47.4 Å². The summed E-state index contributed by atoms with van der Waals surface area (Å²) in [4.78, 5) is 3.48. The smallest absolute Gasteiger partial charge is 0.371 e. The van der Waals surface area contributed by atoms with Crippen molar-refractivity contribution in [1.29, 1.82) is 0 Å². The van der Waals surface area contributed by atoms with Crippen LogP contribution in [0.1, 0.15) is 25.3 Å². The maximum absolute atomic E-state index is 13.5. The highest BCUT2D eigenvalue weighted by Crippen LogP contribution is 2.38. The van der Waals surface area contributed by atoms with Gasteiger partial charge in [0.1, 0.15) is 12.0 Å². The van der Waals surface area contributed by atoms with Crippen molar-refractivity contribution in [2.75, 3.05) is 42.5 Å². The Labute approximate surface area is 195 Å². The van der Waals surface area contributed by atoms with E-state index in [-0.39, 0.29) is 30.2 Å². The van der Waals surface area contributed by atoms with Crippen LogP contribution >= 0.6 is 0 Å². The first-order valence-corrected chi connectivity index (χ1v) is 12.5. The number of sulfonamides is 1. The van der Waals surface area contributed by atoms with Crippen LogP contribution in [0.5, 0.6) is 0 Å². The highest BCUT2D eigenvalue weighted by atomic mass is 32.2. The summed E-state index contributed by atoms with van der Waals surface area (Å²) < 4.78 is 95.4. The van der Waals surface area contributed by atoms with Gasteiger partial charge in [0.2, 0.25) is 10.0 Å². The molecule has 0 unspecified atom stereocenters. The number of piperidine rings is 1. The number of hydrogen-bond donors (Lipinski definition) is 0. The van der Waals surface area contributed by atoms with Crippen LogP contribution in [-0.4, -0.2) is 57.7 Å². The third-order valence-corrected chi connectivity index (χ3v) is 8.39. The maximum atomic E-state index is 13.5. The number of hydrogen-bond acceptors (Lipinski definition) is 4. The van der Waals surface area contributed by atoms with Gasteiger partial charge < -0.3 is 9.80 Å². The molecule has 1 atom stereocenters. The normalized spacial score (nSPS) is 21.2. The minimum Gasteiger partial charge on any atom is -0.371 e. The number of alkyl halides is 4. The van der Waals surface area contributed by atoms with Gasteiger partial charge in [-0.25, -0.2) is 17.2 Å². The summed E-state index contributed by atoms with van der Waals surface area (Å²) in [6, 6.07) is 8.37. The van der Waals surface area contributed by atoms with E-state index < -0.39 is 39.8 Å². The third-order valence-electron chi connectivity index (χ3n) is 6.39. The van der Waals surface area contributed by atoms with E-state index in [1.807, 2.05) is 4.90 Å². The van der Waals surface area contributed by atoms with Crippen LogP contribution in [0.2, 0.25) is 0 Å². The van der Waals surface area contributed by atoms with Crippen LogP contribution < -0.4 is 9.80 Å². The number of benzene rings is 2. The zero-order chi connectivity index (χ0) is 24.7. The molecule has 186 valence electrons. The van der Waals surface area contributed by atoms with E-state index in [1.54, 1.807) is 25.1 Å². The molecule has 0 bridgehead atoms. The molecule has 11 heteroatoms. The Hall–Kier alpha value is -2.40. The lowest BCUT2D eigenvalue weighted by molar-refractivity contribution is -0.137. The highest BCUT2D eigenvalue weighted by Gasteiger charge is 2.39. The van der Waals surface area contributed by atoms with Gasteiger partial charge in [0.25, 0.3) is 0 Å². The van der Waals surface area contributed by atoms with Crippen molar-refractivity contribution < 1.29 is 30.4 Å². The Bertz CT molecular complexity index is 1130. The van der Waals surface area contributed by atoms with Crippen LogP contribution in [0, 0.1) is 5.82 Å². The van der Waals surface area contributed by atoms with E-state index in [1.165, 1.54) is 15.3 Å². The molecule has 0 aliphatic carbocycles. The Morgan fingerprint density at radius 3 is 2.29 bits per heavy atom. The fourth-order valence-electron chi connectivity index (χ4n) is 4.61. The summed E-state index contributed by atoms with van der Waals surface area (Å²) in [7, 11) is -3.91. The standard InChI is InChI=1S/C23H26F5N3O2S/c1-16-15-30(22-6-5-18(25)13-21(22)23(26,27)28)11-12-31(16)34(32,33)20-4-2-3-19(14-20)29-9-7-17(24)8-10-29/h2-6,13-14,16-17H,7-12,15H2,1H3/t16-/m1/s1. The Morgan fingerprint density at radius 1 is 0.941 bits per heavy atom. The van der Waals surface area contributed by atoms with Gasteiger partial charge in [-0.15, -0.1) is 0 Å². The maximum Gasteiger partial charge on any atom is 0.418 e. The second-order valence-electron chi connectivity index (χ2n) is 8.73. The summed E-state index contributed by atoms with van der Waals surface area (Å²) in [6.45, 7) is 2.67. The number of piperazine rings is 1. The molecule has 0 radical (unpaired) electrons. The Balaban J connectivity index is 1.54. The molecule has 0 saturated carbocycles. The molecule has 0 N–H and O–H groups in total. The van der Waals surface area contributed by atoms with Crippen molar-refractivity contribution in [3.63, 3.8) is 0 Å². The predicted octanol–water partition coefficient (Wildman–Crippen LogP) is 4.68.